The molecular formula is C20H26N2O4. The molecule has 0 aliphatic carbocycles. The maximum atomic E-state index is 12.9. The van der Waals surface area contributed by atoms with E-state index in [1.54, 1.807) is 13.8 Å². The number of amides is 1. The Labute approximate surface area is 153 Å². The second-order valence-electron chi connectivity index (χ2n) is 8.00. The Balaban J connectivity index is 2.03. The Morgan fingerprint density at radius 1 is 1.35 bits per heavy atom. The monoisotopic (exact) mass is 358 g/mol. The smallest absolute Gasteiger partial charge is 0.413 e. The molecule has 1 aromatic carbocycles. The van der Waals surface area contributed by atoms with Crippen molar-refractivity contribution < 1.29 is 19.1 Å². The van der Waals surface area contributed by atoms with E-state index in [0.29, 0.717) is 6.42 Å². The first kappa shape index (κ1) is 18.3. The quantitative estimate of drug-likeness (QED) is 0.846. The second-order valence-corrected chi connectivity index (χ2v) is 8.00. The topological polar surface area (TPSA) is 71.6 Å². The summed E-state index contributed by atoms with van der Waals surface area (Å²) in [6.07, 6.45) is 1.03. The Morgan fingerprint density at radius 3 is 2.69 bits per heavy atom. The van der Waals surface area contributed by atoms with Crippen molar-refractivity contribution in [2.45, 2.75) is 52.8 Å². The normalized spacial score (nSPS) is 23.3. The first-order chi connectivity index (χ1) is 12.2. The van der Waals surface area contributed by atoms with Crippen LogP contribution in [-0.4, -0.2) is 40.3 Å². The molecule has 140 valence electrons. The summed E-state index contributed by atoms with van der Waals surface area (Å²) in [5.41, 5.74) is 0.395. The summed E-state index contributed by atoms with van der Waals surface area (Å²) in [6.45, 7) is 9.56. The Hall–Kier alpha value is -2.50. The first-order valence-electron chi connectivity index (χ1n) is 8.90. The molecule has 1 amide bonds. The number of rotatable bonds is 3. The lowest BCUT2D eigenvalue weighted by Gasteiger charge is -2.37. The van der Waals surface area contributed by atoms with Crippen molar-refractivity contribution in [3.8, 4) is 0 Å². The van der Waals surface area contributed by atoms with Gasteiger partial charge in [0.05, 0.1) is 6.61 Å². The third-order valence-corrected chi connectivity index (χ3v) is 4.84. The molecule has 6 heteroatoms. The van der Waals surface area contributed by atoms with Crippen LogP contribution >= 0.6 is 0 Å². The average molecular weight is 358 g/mol. The fourth-order valence-corrected chi connectivity index (χ4v) is 3.50. The van der Waals surface area contributed by atoms with Crippen LogP contribution in [0.2, 0.25) is 0 Å². The van der Waals surface area contributed by atoms with Gasteiger partial charge in [-0.15, -0.1) is 0 Å². The van der Waals surface area contributed by atoms with Crippen molar-refractivity contribution in [3.05, 3.63) is 36.0 Å². The van der Waals surface area contributed by atoms with Crippen LogP contribution in [0, 0.1) is 5.41 Å². The van der Waals surface area contributed by atoms with E-state index in [1.165, 1.54) is 4.90 Å². The summed E-state index contributed by atoms with van der Waals surface area (Å²) in [6, 6.07) is 7.89. The number of carbonyl (C=O) groups is 2. The minimum atomic E-state index is -1.13. The molecular weight excluding hydrogens is 332 g/mol. The van der Waals surface area contributed by atoms with E-state index < -0.39 is 29.2 Å². The molecule has 0 saturated carbocycles. The van der Waals surface area contributed by atoms with Gasteiger partial charge in [-0.1, -0.05) is 39.0 Å². The van der Waals surface area contributed by atoms with Crippen LogP contribution < -0.4 is 0 Å². The highest BCUT2D eigenvalue weighted by Crippen LogP contribution is 2.40. The molecule has 1 saturated heterocycles. The molecule has 1 N–H and O–H groups in total. The number of aromatic amines is 1. The Morgan fingerprint density at radius 2 is 2.04 bits per heavy atom. The summed E-state index contributed by atoms with van der Waals surface area (Å²) in [5.74, 6) is -0.407. The number of esters is 1. The van der Waals surface area contributed by atoms with E-state index in [-0.39, 0.29) is 6.61 Å². The highest BCUT2D eigenvalue weighted by atomic mass is 16.6. The van der Waals surface area contributed by atoms with Gasteiger partial charge in [0.1, 0.15) is 5.54 Å². The number of hydrogen-bond donors (Lipinski definition) is 1. The molecule has 1 aliphatic heterocycles. The molecule has 0 spiro atoms. The molecule has 1 aliphatic rings. The van der Waals surface area contributed by atoms with Crippen LogP contribution in [0.4, 0.5) is 4.79 Å². The van der Waals surface area contributed by atoms with Crippen LogP contribution in [0.3, 0.4) is 0 Å². The second kappa shape index (κ2) is 6.34. The fourth-order valence-electron chi connectivity index (χ4n) is 3.50. The number of cyclic esters (lactones) is 1. The third kappa shape index (κ3) is 2.93. The van der Waals surface area contributed by atoms with Crippen LogP contribution in [0.15, 0.2) is 30.5 Å². The predicted octanol–water partition coefficient (Wildman–Crippen LogP) is 3.86. The Bertz CT molecular complexity index is 836. The SMILES string of the molecule is CCOC(=O)N1[C@H](C(C)(C)C)OC(=O)[C@]1(C)Cc1c[nH]c2ccccc12. The van der Waals surface area contributed by atoms with E-state index >= 15 is 0 Å². The van der Waals surface area contributed by atoms with Crippen LogP contribution in [0.1, 0.15) is 40.2 Å². The van der Waals surface area contributed by atoms with Crippen molar-refractivity contribution in [3.63, 3.8) is 0 Å². The zero-order chi connectivity index (χ0) is 19.1. The predicted molar refractivity (Wildman–Crippen MR) is 98.6 cm³/mol. The lowest BCUT2D eigenvalue weighted by molar-refractivity contribution is -0.148. The Kier molecular flexibility index (Phi) is 4.46. The van der Waals surface area contributed by atoms with Crippen molar-refractivity contribution in [1.82, 2.24) is 9.88 Å². The van der Waals surface area contributed by atoms with E-state index in [1.807, 2.05) is 51.2 Å². The molecule has 3 rings (SSSR count). The van der Waals surface area contributed by atoms with Crippen LogP contribution in [-0.2, 0) is 20.7 Å². The summed E-state index contributed by atoms with van der Waals surface area (Å²) in [5, 5.41) is 1.03. The van der Waals surface area contributed by atoms with Crippen LogP contribution in [0.25, 0.3) is 10.9 Å². The maximum absolute atomic E-state index is 12.9. The number of nitrogens with one attached hydrogen (secondary N) is 1. The number of H-pyrrole nitrogens is 1. The van der Waals surface area contributed by atoms with Gasteiger partial charge in [0.15, 0.2) is 6.23 Å². The minimum absolute atomic E-state index is 0.240. The number of fused-ring (bicyclic) bond motifs is 1. The van der Waals surface area contributed by atoms with Gasteiger partial charge < -0.3 is 14.5 Å². The number of carbonyl (C=O) groups excluding carboxylic acids is 2. The first-order valence-corrected chi connectivity index (χ1v) is 8.90. The highest BCUT2D eigenvalue weighted by Gasteiger charge is 2.58. The van der Waals surface area contributed by atoms with Crippen molar-refractivity contribution in [2.24, 2.45) is 5.41 Å². The number of aromatic nitrogens is 1. The molecule has 0 bridgehead atoms. The van der Waals surface area contributed by atoms with Gasteiger partial charge in [0.25, 0.3) is 0 Å². The number of benzene rings is 1. The molecule has 2 atom stereocenters. The van der Waals surface area contributed by atoms with Crippen molar-refractivity contribution >= 4 is 23.0 Å². The molecule has 26 heavy (non-hydrogen) atoms. The van der Waals surface area contributed by atoms with E-state index in [9.17, 15) is 9.59 Å². The molecule has 2 aromatic rings. The van der Waals surface area contributed by atoms with Gasteiger partial charge in [-0.2, -0.15) is 0 Å². The standard InChI is InChI=1S/C20H26N2O4/c1-6-25-18(24)22-16(19(2,3)4)26-17(23)20(22,5)11-13-12-21-15-10-8-7-9-14(13)15/h7-10,12,16,21H,6,11H2,1-5H3/t16-,20-/m0/s1. The third-order valence-electron chi connectivity index (χ3n) is 4.84. The van der Waals surface area contributed by atoms with Gasteiger partial charge in [-0.05, 0) is 25.5 Å². The van der Waals surface area contributed by atoms with E-state index in [2.05, 4.69) is 4.98 Å². The molecule has 0 unspecified atom stereocenters. The highest BCUT2D eigenvalue weighted by molar-refractivity contribution is 5.90. The molecule has 1 fully saturated rings. The zero-order valence-corrected chi connectivity index (χ0v) is 16.0. The largest absolute Gasteiger partial charge is 0.450 e. The lowest BCUT2D eigenvalue weighted by atomic mass is 9.88. The van der Waals surface area contributed by atoms with Gasteiger partial charge in [0, 0.05) is 28.9 Å². The number of para-hydroxylation sites is 1. The zero-order valence-electron chi connectivity index (χ0n) is 16.0. The van der Waals surface area contributed by atoms with Gasteiger partial charge in [-0.25, -0.2) is 9.59 Å². The maximum Gasteiger partial charge on any atom is 0.413 e. The van der Waals surface area contributed by atoms with Crippen molar-refractivity contribution in [1.29, 1.82) is 0 Å². The summed E-state index contributed by atoms with van der Waals surface area (Å²) >= 11 is 0. The summed E-state index contributed by atoms with van der Waals surface area (Å²) in [4.78, 5) is 30.3. The van der Waals surface area contributed by atoms with Gasteiger partial charge in [-0.3, -0.25) is 4.90 Å². The molecule has 2 heterocycles. The van der Waals surface area contributed by atoms with Gasteiger partial charge in [0.2, 0.25) is 0 Å². The number of hydrogen-bond acceptors (Lipinski definition) is 4. The molecule has 0 radical (unpaired) electrons. The fraction of sp³-hybridized carbons (Fsp3) is 0.500. The van der Waals surface area contributed by atoms with E-state index in [4.69, 9.17) is 9.47 Å². The molecule has 1 aromatic heterocycles. The minimum Gasteiger partial charge on any atom is -0.450 e. The number of ether oxygens (including phenoxy) is 2. The molecule has 6 nitrogen and oxygen atoms in total. The van der Waals surface area contributed by atoms with E-state index in [0.717, 1.165) is 16.5 Å². The lowest BCUT2D eigenvalue weighted by Crippen LogP contribution is -2.55. The average Bonchev–Trinajstić information content (AvgIpc) is 3.08. The van der Waals surface area contributed by atoms with Gasteiger partial charge >= 0.3 is 12.1 Å². The van der Waals surface area contributed by atoms with Crippen LogP contribution in [0.5, 0.6) is 0 Å². The summed E-state index contributed by atoms with van der Waals surface area (Å²) in [7, 11) is 0. The van der Waals surface area contributed by atoms with Crippen molar-refractivity contribution in [2.75, 3.05) is 6.61 Å². The summed E-state index contributed by atoms with van der Waals surface area (Å²) < 4.78 is 10.9. The number of nitrogens with zero attached hydrogens (tertiary/aromatic N) is 1.